The highest BCUT2D eigenvalue weighted by Gasteiger charge is 2.57. The van der Waals surface area contributed by atoms with Gasteiger partial charge in [0.1, 0.15) is 28.7 Å². The van der Waals surface area contributed by atoms with E-state index < -0.39 is 5.41 Å². The quantitative estimate of drug-likeness (QED) is 0.367. The molecule has 0 spiro atoms. The SMILES string of the molecule is C=CC(=O)N1[C@@H](C)[C@@H]2C[C@]1(C)CN2c1cc(-c2noc([C@@]3(C)CCCc4sc(N)c(C#N)c43)n2)nc(O[C@@H](C)[C@@H]2CCCN2C)n1. The second kappa shape index (κ2) is 11.1. The Morgan fingerprint density at radius 3 is 2.83 bits per heavy atom. The molecule has 6 heterocycles. The molecule has 46 heavy (non-hydrogen) atoms. The third-order valence-electron chi connectivity index (χ3n) is 10.8. The van der Waals surface area contributed by atoms with Gasteiger partial charge in [-0.25, -0.2) is 0 Å². The number of hydrogen-bond donors (Lipinski definition) is 1. The second-order valence-electron chi connectivity index (χ2n) is 13.8. The van der Waals surface area contributed by atoms with E-state index in [0.29, 0.717) is 40.3 Å². The van der Waals surface area contributed by atoms with E-state index in [4.69, 9.17) is 29.9 Å². The van der Waals surface area contributed by atoms with Crippen molar-refractivity contribution in [2.24, 2.45) is 0 Å². The smallest absolute Gasteiger partial charge is 0.319 e. The zero-order valence-electron chi connectivity index (χ0n) is 27.1. The van der Waals surface area contributed by atoms with Crippen molar-refractivity contribution in [3.8, 4) is 23.6 Å². The number of aromatic nitrogens is 4. The summed E-state index contributed by atoms with van der Waals surface area (Å²) in [4.78, 5) is 35.1. The number of amides is 1. The maximum absolute atomic E-state index is 12.8. The number of likely N-dealkylation sites (N-methyl/N-ethyl adjacent to an activating group) is 1. The van der Waals surface area contributed by atoms with Gasteiger partial charge in [0, 0.05) is 29.1 Å². The minimum absolute atomic E-state index is 0.0253. The normalized spacial score (nSPS) is 29.5. The van der Waals surface area contributed by atoms with E-state index in [2.05, 4.69) is 55.4 Å². The van der Waals surface area contributed by atoms with E-state index in [9.17, 15) is 10.1 Å². The van der Waals surface area contributed by atoms with E-state index in [1.54, 1.807) is 0 Å². The second-order valence-corrected chi connectivity index (χ2v) is 15.0. The molecule has 0 radical (unpaired) electrons. The number of likely N-dealkylation sites (tertiary alicyclic amines) is 2. The van der Waals surface area contributed by atoms with Crippen LogP contribution in [0.2, 0.25) is 0 Å². The number of piperazine rings is 1. The van der Waals surface area contributed by atoms with E-state index in [1.165, 1.54) is 17.4 Å². The van der Waals surface area contributed by atoms with Gasteiger partial charge in [-0.3, -0.25) is 9.69 Å². The zero-order chi connectivity index (χ0) is 32.5. The molecule has 6 atom stereocenters. The van der Waals surface area contributed by atoms with Crippen molar-refractivity contribution in [3.63, 3.8) is 0 Å². The molecule has 3 fully saturated rings. The zero-order valence-corrected chi connectivity index (χ0v) is 27.9. The monoisotopic (exact) mass is 643 g/mol. The lowest BCUT2D eigenvalue weighted by Gasteiger charge is -2.44. The standard InChI is InChI=1S/C33H41N9O3S/c1-7-26(43)42-18(2)23-15-32(42,4)17-41(23)25-14-21(36-31(37-25)44-19(3)22-10-9-13-40(22)6)29-38-30(45-39-29)33(5)12-8-11-24-27(33)20(16-34)28(35)46-24/h7,14,18-19,22-23H,1,8-13,15,17,35H2,2-6H3/t18-,19-,22-,23-,32+,33-/m0/s1. The van der Waals surface area contributed by atoms with E-state index in [0.717, 1.165) is 55.5 Å². The molecule has 13 heteroatoms. The molecule has 1 aliphatic carbocycles. The van der Waals surface area contributed by atoms with Gasteiger partial charge in [-0.2, -0.15) is 20.2 Å². The number of nitriles is 1. The number of fused-ring (bicyclic) bond motifs is 3. The predicted octanol–water partition coefficient (Wildman–Crippen LogP) is 4.30. The molecule has 242 valence electrons. The molecule has 12 nitrogen and oxygen atoms in total. The van der Waals surface area contributed by atoms with Gasteiger partial charge in [-0.15, -0.1) is 11.3 Å². The van der Waals surface area contributed by atoms with Crippen LogP contribution in [0.3, 0.4) is 0 Å². The first-order valence-electron chi connectivity index (χ1n) is 16.1. The number of aryl methyl sites for hydroxylation is 1. The number of carbonyl (C=O) groups excluding carboxylic acids is 1. The molecule has 2 bridgehead atoms. The van der Waals surface area contributed by atoms with Crippen LogP contribution >= 0.6 is 11.3 Å². The number of nitrogen functional groups attached to an aromatic ring is 1. The summed E-state index contributed by atoms with van der Waals surface area (Å²) in [6.07, 6.45) is 6.83. The average molecular weight is 644 g/mol. The van der Waals surface area contributed by atoms with Gasteiger partial charge in [-0.05, 0) is 85.9 Å². The number of thiophene rings is 1. The van der Waals surface area contributed by atoms with Gasteiger partial charge in [0.2, 0.25) is 17.6 Å². The number of carbonyl (C=O) groups is 1. The van der Waals surface area contributed by atoms with E-state index in [-0.39, 0.29) is 41.7 Å². The summed E-state index contributed by atoms with van der Waals surface area (Å²) in [5.74, 6) is 1.41. The first kappa shape index (κ1) is 30.6. The van der Waals surface area contributed by atoms with Gasteiger partial charge >= 0.3 is 6.01 Å². The van der Waals surface area contributed by atoms with Crippen LogP contribution in [0.15, 0.2) is 23.2 Å². The highest BCUT2D eigenvalue weighted by atomic mass is 32.1. The topological polar surface area (TPSA) is 151 Å². The van der Waals surface area contributed by atoms with Crippen molar-refractivity contribution in [2.45, 2.75) is 101 Å². The fourth-order valence-electron chi connectivity index (χ4n) is 8.56. The van der Waals surface area contributed by atoms with Crippen molar-refractivity contribution in [2.75, 3.05) is 30.8 Å². The summed E-state index contributed by atoms with van der Waals surface area (Å²) in [6, 6.07) is 4.77. The van der Waals surface area contributed by atoms with Gasteiger partial charge in [-0.1, -0.05) is 11.7 Å². The van der Waals surface area contributed by atoms with Gasteiger partial charge < -0.3 is 24.8 Å². The number of ether oxygens (including phenoxy) is 1. The molecule has 7 rings (SSSR count). The van der Waals surface area contributed by atoms with Crippen molar-refractivity contribution in [3.05, 3.63) is 40.6 Å². The molecule has 3 aromatic rings. The predicted molar refractivity (Wildman–Crippen MR) is 175 cm³/mol. The number of nitrogens with zero attached hydrogens (tertiary/aromatic N) is 8. The summed E-state index contributed by atoms with van der Waals surface area (Å²) in [5, 5.41) is 14.9. The molecule has 4 aliphatic rings. The molecule has 0 aromatic carbocycles. The Bertz CT molecular complexity index is 1750. The molecular formula is C33H41N9O3S. The number of rotatable bonds is 7. The van der Waals surface area contributed by atoms with Crippen molar-refractivity contribution >= 4 is 28.1 Å². The van der Waals surface area contributed by atoms with Crippen LogP contribution in [0.25, 0.3) is 11.5 Å². The van der Waals surface area contributed by atoms with E-state index in [1.807, 2.05) is 17.9 Å². The van der Waals surface area contributed by atoms with Gasteiger partial charge in [0.05, 0.1) is 28.6 Å². The van der Waals surface area contributed by atoms with Crippen LogP contribution in [0, 0.1) is 11.3 Å². The van der Waals surface area contributed by atoms with Crippen molar-refractivity contribution < 1.29 is 14.1 Å². The Kier molecular flexibility index (Phi) is 7.36. The molecular weight excluding hydrogens is 602 g/mol. The maximum atomic E-state index is 12.8. The summed E-state index contributed by atoms with van der Waals surface area (Å²) < 4.78 is 12.4. The van der Waals surface area contributed by atoms with Crippen molar-refractivity contribution in [1.29, 1.82) is 5.26 Å². The molecule has 1 amide bonds. The Labute approximate surface area is 273 Å². The Hall–Kier alpha value is -4.02. The maximum Gasteiger partial charge on any atom is 0.319 e. The van der Waals surface area contributed by atoms with Crippen LogP contribution < -0.4 is 15.4 Å². The van der Waals surface area contributed by atoms with Gasteiger partial charge in [0.25, 0.3) is 0 Å². The minimum Gasteiger partial charge on any atom is -0.459 e. The fourth-order valence-corrected chi connectivity index (χ4v) is 9.75. The Morgan fingerprint density at radius 1 is 1.33 bits per heavy atom. The molecule has 3 saturated heterocycles. The molecule has 3 aromatic heterocycles. The van der Waals surface area contributed by atoms with Crippen LogP contribution in [-0.2, 0) is 16.6 Å². The van der Waals surface area contributed by atoms with Crippen LogP contribution in [0.5, 0.6) is 6.01 Å². The summed E-state index contributed by atoms with van der Waals surface area (Å²) in [6.45, 7) is 13.7. The fraction of sp³-hybridized carbons (Fsp3) is 0.576. The third kappa shape index (κ3) is 4.68. The summed E-state index contributed by atoms with van der Waals surface area (Å²) in [7, 11) is 2.12. The van der Waals surface area contributed by atoms with Crippen LogP contribution in [-0.4, -0.2) is 85.7 Å². The summed E-state index contributed by atoms with van der Waals surface area (Å²) >= 11 is 1.47. The van der Waals surface area contributed by atoms with Crippen LogP contribution in [0.1, 0.15) is 81.7 Å². The first-order valence-corrected chi connectivity index (χ1v) is 16.9. The lowest BCUT2D eigenvalue weighted by Crippen LogP contribution is -2.59. The largest absolute Gasteiger partial charge is 0.459 e. The highest BCUT2D eigenvalue weighted by molar-refractivity contribution is 7.16. The Balaban J connectivity index is 1.27. The minimum atomic E-state index is -0.645. The lowest BCUT2D eigenvalue weighted by molar-refractivity contribution is -0.132. The van der Waals surface area contributed by atoms with Crippen LogP contribution in [0.4, 0.5) is 10.8 Å². The molecule has 2 N–H and O–H groups in total. The molecule has 0 unspecified atom stereocenters. The number of hydrogen-bond acceptors (Lipinski definition) is 12. The number of anilines is 2. The molecule has 0 saturated carbocycles. The third-order valence-corrected chi connectivity index (χ3v) is 11.9. The first-order chi connectivity index (χ1) is 22.0. The summed E-state index contributed by atoms with van der Waals surface area (Å²) in [5.41, 5.74) is 7.15. The van der Waals surface area contributed by atoms with Gasteiger partial charge in [0.15, 0.2) is 0 Å². The van der Waals surface area contributed by atoms with Crippen molar-refractivity contribution in [1.82, 2.24) is 29.9 Å². The Morgan fingerprint density at radius 2 is 2.13 bits per heavy atom. The van der Waals surface area contributed by atoms with E-state index >= 15 is 0 Å². The average Bonchev–Trinajstić information content (AvgIpc) is 3.84. The number of nitrogens with two attached hydrogens (primary N) is 1. The molecule has 3 aliphatic heterocycles. The lowest BCUT2D eigenvalue weighted by atomic mass is 9.72. The highest BCUT2D eigenvalue weighted by Crippen LogP contribution is 2.49.